The van der Waals surface area contributed by atoms with Crippen LogP contribution in [0.5, 0.6) is 23.1 Å². The van der Waals surface area contributed by atoms with Crippen LogP contribution in [-0.2, 0) is 13.6 Å². The molecule has 3 aromatic carbocycles. The molecule has 14 heteroatoms. The summed E-state index contributed by atoms with van der Waals surface area (Å²) in [6.45, 7) is 2.91. The molecule has 0 aliphatic carbocycles. The number of piperazine rings is 1. The number of benzene rings is 3. The summed E-state index contributed by atoms with van der Waals surface area (Å²) in [4.78, 5) is 36.3. The lowest BCUT2D eigenvalue weighted by Gasteiger charge is -2.34. The fourth-order valence-electron chi connectivity index (χ4n) is 5.82. The zero-order valence-electron chi connectivity index (χ0n) is 27.9. The van der Waals surface area contributed by atoms with E-state index in [2.05, 4.69) is 14.6 Å². The van der Waals surface area contributed by atoms with Gasteiger partial charge in [-0.15, -0.1) is 13.2 Å². The first-order valence-electron chi connectivity index (χ1n) is 16.1. The van der Waals surface area contributed by atoms with Gasteiger partial charge in [-0.3, -0.25) is 14.5 Å². The minimum atomic E-state index is -4.82. The molecule has 2 amide bonds. The molecule has 0 radical (unpaired) electrons. The molecular weight excluding hydrogens is 670 g/mol. The molecule has 1 fully saturated rings. The van der Waals surface area contributed by atoms with E-state index >= 15 is 0 Å². The number of halogens is 4. The minimum absolute atomic E-state index is 0.0396. The Hall–Kier alpha value is -5.63. The molecule has 1 aliphatic heterocycles. The zero-order valence-corrected chi connectivity index (χ0v) is 27.9. The van der Waals surface area contributed by atoms with Crippen molar-refractivity contribution in [1.29, 1.82) is 0 Å². The Morgan fingerprint density at radius 3 is 2.20 bits per heavy atom. The largest absolute Gasteiger partial charge is 0.573 e. The summed E-state index contributed by atoms with van der Waals surface area (Å²) < 4.78 is 66.7. The van der Waals surface area contributed by atoms with Crippen molar-refractivity contribution in [2.75, 3.05) is 51.4 Å². The summed E-state index contributed by atoms with van der Waals surface area (Å²) in [6, 6.07) is 22.9. The van der Waals surface area contributed by atoms with E-state index in [1.54, 1.807) is 18.2 Å². The van der Waals surface area contributed by atoms with Crippen molar-refractivity contribution in [3.05, 3.63) is 108 Å². The van der Waals surface area contributed by atoms with E-state index in [0.717, 1.165) is 48.2 Å². The van der Waals surface area contributed by atoms with Gasteiger partial charge in [-0.25, -0.2) is 9.37 Å². The summed E-state index contributed by atoms with van der Waals surface area (Å²) in [5, 5.41) is 0.882. The van der Waals surface area contributed by atoms with Gasteiger partial charge in [-0.05, 0) is 66.2 Å². The number of aryl methyl sites for hydroxylation is 1. The van der Waals surface area contributed by atoms with Gasteiger partial charge in [0.2, 0.25) is 5.88 Å². The Kier molecular flexibility index (Phi) is 10.4. The lowest BCUT2D eigenvalue weighted by atomic mass is 10.2. The smallest absolute Gasteiger partial charge is 0.491 e. The molecule has 266 valence electrons. The number of alkyl halides is 4. The van der Waals surface area contributed by atoms with Gasteiger partial charge in [-0.1, -0.05) is 12.1 Å². The highest BCUT2D eigenvalue weighted by atomic mass is 19.4. The maximum absolute atomic E-state index is 13.6. The Morgan fingerprint density at radius 2 is 1.55 bits per heavy atom. The van der Waals surface area contributed by atoms with Crippen molar-refractivity contribution in [1.82, 2.24) is 19.4 Å². The Morgan fingerprint density at radius 1 is 0.863 bits per heavy atom. The SMILES string of the molecule is CN(C(=O)c1ccc(OC(F)(F)F)cc1)c1ccc(Oc2ccc3cc(C(=O)N4CCN(Cc5ccc(OCCF)cc5)CC4)n(C)c3c2)nc1. The number of rotatable bonds is 11. The molecule has 0 atom stereocenters. The van der Waals surface area contributed by atoms with Crippen molar-refractivity contribution in [3.8, 4) is 23.1 Å². The van der Waals surface area contributed by atoms with Crippen LogP contribution >= 0.6 is 0 Å². The Bertz CT molecular complexity index is 1970. The van der Waals surface area contributed by atoms with Crippen molar-refractivity contribution in [3.63, 3.8) is 0 Å². The topological polar surface area (TPSA) is 89.4 Å². The fourth-order valence-corrected chi connectivity index (χ4v) is 5.82. The molecule has 51 heavy (non-hydrogen) atoms. The number of carbonyl (C=O) groups excluding carboxylic acids is 2. The first kappa shape index (κ1) is 35.2. The number of nitrogens with zero attached hydrogens (tertiary/aromatic N) is 5. The zero-order chi connectivity index (χ0) is 36.1. The molecule has 10 nitrogen and oxygen atoms in total. The minimum Gasteiger partial charge on any atom is -0.491 e. The molecule has 1 aliphatic rings. The van der Waals surface area contributed by atoms with Crippen molar-refractivity contribution in [2.45, 2.75) is 12.9 Å². The molecule has 0 bridgehead atoms. The van der Waals surface area contributed by atoms with Crippen LogP contribution in [0.2, 0.25) is 0 Å². The Balaban J connectivity index is 1.04. The van der Waals surface area contributed by atoms with Crippen molar-refractivity contribution < 1.29 is 41.4 Å². The monoisotopic (exact) mass is 705 g/mol. The third-order valence-electron chi connectivity index (χ3n) is 8.54. The standard InChI is InChI=1S/C37H35F4N5O5/c1-43(35(47)26-5-11-30(12-6-26)51-37(39,40)41)28-8-14-34(42-23-28)50-31-13-7-27-21-33(44(2)32(27)22-31)36(48)46-18-16-45(17-19-46)24-25-3-9-29(10-4-25)49-20-15-38/h3-14,21-23H,15-20,24H2,1-2H3. The highest BCUT2D eigenvalue weighted by Gasteiger charge is 2.31. The van der Waals surface area contributed by atoms with Gasteiger partial charge in [0, 0.05) is 69.9 Å². The number of anilines is 1. The number of hydrogen-bond donors (Lipinski definition) is 0. The molecule has 3 heterocycles. The van der Waals surface area contributed by atoms with E-state index in [-0.39, 0.29) is 24.0 Å². The quantitative estimate of drug-likeness (QED) is 0.139. The van der Waals surface area contributed by atoms with Gasteiger partial charge in [0.1, 0.15) is 36.2 Å². The van der Waals surface area contributed by atoms with E-state index in [1.165, 1.54) is 30.3 Å². The summed E-state index contributed by atoms with van der Waals surface area (Å²) in [7, 11) is 3.37. The molecule has 0 unspecified atom stereocenters. The van der Waals surface area contributed by atoms with Crippen LogP contribution in [-0.4, -0.2) is 84.0 Å². The molecular formula is C37H35F4N5O5. The van der Waals surface area contributed by atoms with Crippen molar-refractivity contribution in [2.24, 2.45) is 7.05 Å². The van der Waals surface area contributed by atoms with E-state index < -0.39 is 24.7 Å². The second-order valence-electron chi connectivity index (χ2n) is 12.0. The van der Waals surface area contributed by atoms with Crippen LogP contribution in [0.1, 0.15) is 26.4 Å². The lowest BCUT2D eigenvalue weighted by molar-refractivity contribution is -0.274. The van der Waals surface area contributed by atoms with E-state index in [1.807, 2.05) is 59.0 Å². The highest BCUT2D eigenvalue weighted by molar-refractivity contribution is 6.05. The van der Waals surface area contributed by atoms with E-state index in [9.17, 15) is 27.2 Å². The number of carbonyl (C=O) groups is 2. The van der Waals surface area contributed by atoms with Gasteiger partial charge in [0.05, 0.1) is 17.4 Å². The number of ether oxygens (including phenoxy) is 3. The summed E-state index contributed by atoms with van der Waals surface area (Å²) in [5.41, 5.74) is 3.11. The summed E-state index contributed by atoms with van der Waals surface area (Å²) in [5.74, 6) is 0.500. The Labute approximate surface area is 291 Å². The third-order valence-corrected chi connectivity index (χ3v) is 8.54. The van der Waals surface area contributed by atoms with Gasteiger partial charge < -0.3 is 28.6 Å². The molecule has 6 rings (SSSR count). The van der Waals surface area contributed by atoms with Crippen LogP contribution in [0.15, 0.2) is 91.1 Å². The molecule has 2 aromatic heterocycles. The number of aromatic nitrogens is 2. The first-order valence-corrected chi connectivity index (χ1v) is 16.1. The van der Waals surface area contributed by atoms with Crippen molar-refractivity contribution >= 4 is 28.4 Å². The van der Waals surface area contributed by atoms with E-state index in [4.69, 9.17) is 9.47 Å². The number of hydrogen-bond acceptors (Lipinski definition) is 7. The summed E-state index contributed by atoms with van der Waals surface area (Å²) in [6.07, 6.45) is -3.37. The average molecular weight is 706 g/mol. The fraction of sp³-hybridized carbons (Fsp3) is 0.270. The number of amides is 2. The predicted molar refractivity (Wildman–Crippen MR) is 182 cm³/mol. The normalized spacial score (nSPS) is 13.6. The highest BCUT2D eigenvalue weighted by Crippen LogP contribution is 2.29. The summed E-state index contributed by atoms with van der Waals surface area (Å²) >= 11 is 0. The first-order chi connectivity index (χ1) is 24.5. The van der Waals surface area contributed by atoms with Crippen LogP contribution in [0.3, 0.4) is 0 Å². The average Bonchev–Trinajstić information content (AvgIpc) is 3.46. The van der Waals surface area contributed by atoms with Gasteiger partial charge in [0.15, 0.2) is 0 Å². The van der Waals surface area contributed by atoms with Gasteiger partial charge in [-0.2, -0.15) is 0 Å². The number of fused-ring (bicyclic) bond motifs is 1. The molecule has 0 saturated carbocycles. The molecule has 1 saturated heterocycles. The van der Waals surface area contributed by atoms with Crippen LogP contribution in [0.4, 0.5) is 23.2 Å². The van der Waals surface area contributed by atoms with Crippen LogP contribution in [0, 0.1) is 0 Å². The lowest BCUT2D eigenvalue weighted by Crippen LogP contribution is -2.48. The van der Waals surface area contributed by atoms with Gasteiger partial charge in [0.25, 0.3) is 11.8 Å². The van der Waals surface area contributed by atoms with E-state index in [0.29, 0.717) is 36.0 Å². The molecule has 0 N–H and O–H groups in total. The molecule has 0 spiro atoms. The van der Waals surface area contributed by atoms with Crippen LogP contribution < -0.4 is 19.1 Å². The maximum atomic E-state index is 13.6. The second kappa shape index (κ2) is 15.1. The second-order valence-corrected chi connectivity index (χ2v) is 12.0. The predicted octanol–water partition coefficient (Wildman–Crippen LogP) is 6.85. The number of pyridine rings is 1. The molecule has 5 aromatic rings. The maximum Gasteiger partial charge on any atom is 0.573 e. The van der Waals surface area contributed by atoms with Crippen LogP contribution in [0.25, 0.3) is 10.9 Å². The third kappa shape index (κ3) is 8.58. The van der Waals surface area contributed by atoms with Gasteiger partial charge >= 0.3 is 6.36 Å².